The Kier molecular flexibility index (Phi) is 4.15. The molecule has 2 rings (SSSR count). The summed E-state index contributed by atoms with van der Waals surface area (Å²) in [5, 5.41) is 7.84. The average molecular weight is 243 g/mol. The number of fused-ring (bicyclic) bond motifs is 1. The fourth-order valence-corrected chi connectivity index (χ4v) is 2.02. The Balaban J connectivity index is 2.24. The second-order valence-corrected chi connectivity index (χ2v) is 4.95. The Hall–Kier alpha value is -1.61. The Morgan fingerprint density at radius 2 is 2.00 bits per heavy atom. The number of rotatable bonds is 5. The molecule has 3 heteroatoms. The van der Waals surface area contributed by atoms with Crippen LogP contribution in [0.25, 0.3) is 10.9 Å². The molecule has 0 spiro atoms. The van der Waals surface area contributed by atoms with Gasteiger partial charge in [-0.3, -0.25) is 4.98 Å². The molecule has 0 bridgehead atoms. The molecule has 1 aromatic carbocycles. The molecule has 1 aromatic heterocycles. The van der Waals surface area contributed by atoms with Crippen molar-refractivity contribution < 1.29 is 0 Å². The minimum atomic E-state index is 0.661. The van der Waals surface area contributed by atoms with Crippen LogP contribution in [0.3, 0.4) is 0 Å². The fraction of sp³-hybridized carbons (Fsp3) is 0.400. The van der Waals surface area contributed by atoms with Gasteiger partial charge in [0.15, 0.2) is 0 Å². The molecule has 3 nitrogen and oxygen atoms in total. The Bertz CT molecular complexity index is 520. The van der Waals surface area contributed by atoms with Crippen LogP contribution in [-0.4, -0.2) is 18.6 Å². The van der Waals surface area contributed by atoms with E-state index in [0.717, 1.165) is 30.0 Å². The number of hydrogen-bond donors (Lipinski definition) is 2. The van der Waals surface area contributed by atoms with Crippen LogP contribution in [0.2, 0.25) is 0 Å². The van der Waals surface area contributed by atoms with E-state index in [2.05, 4.69) is 47.7 Å². The van der Waals surface area contributed by atoms with E-state index in [1.807, 2.05) is 19.2 Å². The summed E-state index contributed by atoms with van der Waals surface area (Å²) in [5.41, 5.74) is 3.27. The second kappa shape index (κ2) is 5.83. The van der Waals surface area contributed by atoms with E-state index in [1.165, 1.54) is 5.39 Å². The van der Waals surface area contributed by atoms with E-state index >= 15 is 0 Å². The van der Waals surface area contributed by atoms with E-state index in [-0.39, 0.29) is 0 Å². The third kappa shape index (κ3) is 2.99. The molecule has 0 unspecified atom stereocenters. The predicted molar refractivity (Wildman–Crippen MR) is 77.8 cm³/mol. The van der Waals surface area contributed by atoms with Gasteiger partial charge in [0, 0.05) is 24.7 Å². The first-order valence-corrected chi connectivity index (χ1v) is 6.48. The molecule has 0 amide bonds. The molecular weight excluding hydrogens is 222 g/mol. The van der Waals surface area contributed by atoms with Crippen LogP contribution in [0.4, 0.5) is 5.69 Å². The van der Waals surface area contributed by atoms with Gasteiger partial charge in [0.1, 0.15) is 0 Å². The van der Waals surface area contributed by atoms with Gasteiger partial charge in [0.2, 0.25) is 0 Å². The minimum Gasteiger partial charge on any atom is -0.388 e. The minimum absolute atomic E-state index is 0.661. The summed E-state index contributed by atoms with van der Waals surface area (Å²) in [7, 11) is 1.95. The maximum absolute atomic E-state index is 4.68. The number of aromatic nitrogens is 1. The summed E-state index contributed by atoms with van der Waals surface area (Å²) < 4.78 is 0. The summed E-state index contributed by atoms with van der Waals surface area (Å²) in [6.07, 6.45) is 0. The Labute approximate surface area is 109 Å². The molecule has 0 radical (unpaired) electrons. The summed E-state index contributed by atoms with van der Waals surface area (Å²) in [6, 6.07) is 10.3. The number of nitrogens with zero attached hydrogens (tertiary/aromatic N) is 1. The predicted octanol–water partition coefficient (Wildman–Crippen LogP) is 3.02. The van der Waals surface area contributed by atoms with Crippen molar-refractivity contribution in [3.8, 4) is 0 Å². The number of pyridine rings is 1. The molecule has 0 atom stereocenters. The van der Waals surface area contributed by atoms with Crippen molar-refractivity contribution >= 4 is 16.6 Å². The van der Waals surface area contributed by atoms with E-state index in [9.17, 15) is 0 Å². The third-order valence-electron chi connectivity index (χ3n) is 2.90. The van der Waals surface area contributed by atoms with E-state index in [0.29, 0.717) is 5.92 Å². The quantitative estimate of drug-likeness (QED) is 0.847. The lowest BCUT2D eigenvalue weighted by molar-refractivity contribution is 0.549. The SMILES string of the molecule is CNc1cc(CNCC(C)C)nc2ccccc12. The first-order valence-electron chi connectivity index (χ1n) is 6.48. The van der Waals surface area contributed by atoms with Gasteiger partial charge < -0.3 is 10.6 Å². The van der Waals surface area contributed by atoms with Gasteiger partial charge in [-0.25, -0.2) is 0 Å². The number of nitrogens with one attached hydrogen (secondary N) is 2. The molecule has 1 heterocycles. The van der Waals surface area contributed by atoms with E-state index in [1.54, 1.807) is 0 Å². The van der Waals surface area contributed by atoms with Gasteiger partial charge in [-0.15, -0.1) is 0 Å². The smallest absolute Gasteiger partial charge is 0.0726 e. The van der Waals surface area contributed by atoms with Crippen LogP contribution in [-0.2, 0) is 6.54 Å². The van der Waals surface area contributed by atoms with Crippen molar-refractivity contribution in [1.29, 1.82) is 0 Å². The summed E-state index contributed by atoms with van der Waals surface area (Å²) in [6.45, 7) is 6.25. The molecule has 18 heavy (non-hydrogen) atoms. The van der Waals surface area contributed by atoms with Crippen LogP contribution < -0.4 is 10.6 Å². The van der Waals surface area contributed by atoms with Gasteiger partial charge in [0.05, 0.1) is 11.2 Å². The lowest BCUT2D eigenvalue weighted by Gasteiger charge is -2.11. The zero-order valence-corrected chi connectivity index (χ0v) is 11.3. The van der Waals surface area contributed by atoms with Crippen molar-refractivity contribution in [1.82, 2.24) is 10.3 Å². The number of para-hydroxylation sites is 1. The van der Waals surface area contributed by atoms with Crippen LogP contribution in [0, 0.1) is 5.92 Å². The van der Waals surface area contributed by atoms with E-state index in [4.69, 9.17) is 0 Å². The van der Waals surface area contributed by atoms with Crippen molar-refractivity contribution in [2.24, 2.45) is 5.92 Å². The topological polar surface area (TPSA) is 37.0 Å². The van der Waals surface area contributed by atoms with Crippen LogP contribution in [0.5, 0.6) is 0 Å². The maximum atomic E-state index is 4.68. The van der Waals surface area contributed by atoms with Crippen LogP contribution in [0.1, 0.15) is 19.5 Å². The van der Waals surface area contributed by atoms with Gasteiger partial charge in [-0.2, -0.15) is 0 Å². The maximum Gasteiger partial charge on any atom is 0.0726 e. The van der Waals surface area contributed by atoms with Crippen molar-refractivity contribution in [2.75, 3.05) is 18.9 Å². The molecule has 0 saturated heterocycles. The molecule has 0 aliphatic heterocycles. The highest BCUT2D eigenvalue weighted by Crippen LogP contribution is 2.22. The Morgan fingerprint density at radius 3 is 2.72 bits per heavy atom. The molecule has 0 fully saturated rings. The number of anilines is 1. The monoisotopic (exact) mass is 243 g/mol. The van der Waals surface area contributed by atoms with Gasteiger partial charge in [-0.05, 0) is 24.6 Å². The average Bonchev–Trinajstić information content (AvgIpc) is 2.37. The summed E-state index contributed by atoms with van der Waals surface area (Å²) in [5.74, 6) is 0.661. The fourth-order valence-electron chi connectivity index (χ4n) is 2.02. The van der Waals surface area contributed by atoms with Crippen LogP contribution in [0.15, 0.2) is 30.3 Å². The molecule has 96 valence electrons. The van der Waals surface area contributed by atoms with Crippen molar-refractivity contribution in [3.63, 3.8) is 0 Å². The normalized spacial score (nSPS) is 11.1. The lowest BCUT2D eigenvalue weighted by Crippen LogP contribution is -2.19. The second-order valence-electron chi connectivity index (χ2n) is 4.95. The standard InChI is InChI=1S/C15H21N3/c1-11(2)9-17-10-12-8-15(16-3)13-6-4-5-7-14(13)18-12/h4-8,11,17H,9-10H2,1-3H3,(H,16,18). The first-order chi connectivity index (χ1) is 8.70. The highest BCUT2D eigenvalue weighted by atomic mass is 14.9. The highest BCUT2D eigenvalue weighted by Gasteiger charge is 2.04. The Morgan fingerprint density at radius 1 is 1.22 bits per heavy atom. The van der Waals surface area contributed by atoms with Gasteiger partial charge >= 0.3 is 0 Å². The highest BCUT2D eigenvalue weighted by molar-refractivity contribution is 5.91. The summed E-state index contributed by atoms with van der Waals surface area (Å²) in [4.78, 5) is 4.68. The third-order valence-corrected chi connectivity index (χ3v) is 2.90. The van der Waals surface area contributed by atoms with Crippen LogP contribution >= 0.6 is 0 Å². The number of benzene rings is 1. The zero-order valence-electron chi connectivity index (χ0n) is 11.3. The van der Waals surface area contributed by atoms with Gasteiger partial charge in [0.25, 0.3) is 0 Å². The first kappa shape index (κ1) is 12.8. The number of hydrogen-bond acceptors (Lipinski definition) is 3. The molecule has 0 aliphatic rings. The van der Waals surface area contributed by atoms with Crippen molar-refractivity contribution in [3.05, 3.63) is 36.0 Å². The van der Waals surface area contributed by atoms with Gasteiger partial charge in [-0.1, -0.05) is 32.0 Å². The zero-order chi connectivity index (χ0) is 13.0. The molecule has 0 aliphatic carbocycles. The molecular formula is C15H21N3. The largest absolute Gasteiger partial charge is 0.388 e. The molecule has 0 saturated carbocycles. The van der Waals surface area contributed by atoms with Crippen molar-refractivity contribution in [2.45, 2.75) is 20.4 Å². The molecule has 2 N–H and O–H groups in total. The van der Waals surface area contributed by atoms with E-state index < -0.39 is 0 Å². The lowest BCUT2D eigenvalue weighted by atomic mass is 10.1. The molecule has 2 aromatic rings. The summed E-state index contributed by atoms with van der Waals surface area (Å²) >= 11 is 0.